The van der Waals surface area contributed by atoms with Gasteiger partial charge in [0.2, 0.25) is 0 Å². The lowest BCUT2D eigenvalue weighted by Crippen LogP contribution is -1.74. The lowest BCUT2D eigenvalue weighted by atomic mass is 10.2. The van der Waals surface area contributed by atoms with Gasteiger partial charge in [0.25, 0.3) is 0 Å². The van der Waals surface area contributed by atoms with Crippen LogP contribution in [0.1, 0.15) is 11.3 Å². The van der Waals surface area contributed by atoms with Gasteiger partial charge < -0.3 is 9.62 Å². The number of oxime groups is 1. The average Bonchev–Trinajstić information content (AvgIpc) is 2.63. The Morgan fingerprint density at radius 1 is 1.35 bits per heavy atom. The molecule has 0 bridgehead atoms. The minimum Gasteiger partial charge on any atom is -0.447 e. The minimum absolute atomic E-state index is 0.508. The number of benzene rings is 1. The molecule has 0 spiro atoms. The predicted octanol–water partition coefficient (Wildman–Crippen LogP) is 4.31. The van der Waals surface area contributed by atoms with E-state index in [-0.39, 0.29) is 0 Å². The van der Waals surface area contributed by atoms with Gasteiger partial charge in [-0.2, -0.15) is 0 Å². The number of halogens is 1. The summed E-state index contributed by atoms with van der Waals surface area (Å²) in [5, 5.41) is 12.1. The van der Waals surface area contributed by atoms with Crippen molar-refractivity contribution in [2.75, 3.05) is 0 Å². The highest BCUT2D eigenvalue weighted by molar-refractivity contribution is 9.10. The van der Waals surface area contributed by atoms with Crippen LogP contribution in [0, 0.1) is 6.92 Å². The number of hydrogen-bond acceptors (Lipinski definition) is 4. The molecule has 0 aliphatic carbocycles. The quantitative estimate of drug-likeness (QED) is 0.522. The smallest absolute Gasteiger partial charge is 0.180 e. The molecule has 0 aliphatic rings. The van der Waals surface area contributed by atoms with Gasteiger partial charge in [0.05, 0.1) is 4.47 Å². The van der Waals surface area contributed by atoms with Gasteiger partial charge in [-0.3, -0.25) is 0 Å². The predicted molar refractivity (Wildman–Crippen MR) is 71.1 cm³/mol. The average molecular weight is 312 g/mol. The summed E-state index contributed by atoms with van der Waals surface area (Å²) in [7, 11) is 0. The van der Waals surface area contributed by atoms with E-state index in [9.17, 15) is 0 Å². The lowest BCUT2D eigenvalue weighted by molar-refractivity contribution is 0.320. The fourth-order valence-corrected chi connectivity index (χ4v) is 2.60. The molecule has 0 fully saturated rings. The van der Waals surface area contributed by atoms with Crippen molar-refractivity contribution in [1.82, 2.24) is 0 Å². The van der Waals surface area contributed by atoms with Crippen molar-refractivity contribution in [1.29, 1.82) is 0 Å². The van der Waals surface area contributed by atoms with Gasteiger partial charge in [-0.15, -0.1) is 0 Å². The molecule has 88 valence electrons. The van der Waals surface area contributed by atoms with Crippen LogP contribution in [0.2, 0.25) is 0 Å². The summed E-state index contributed by atoms with van der Waals surface area (Å²) in [6, 6.07) is 9.93. The Morgan fingerprint density at radius 3 is 2.71 bits per heavy atom. The summed E-state index contributed by atoms with van der Waals surface area (Å²) in [5.74, 6) is 0.508. The first-order chi connectivity index (χ1) is 8.19. The number of furan rings is 1. The molecule has 17 heavy (non-hydrogen) atoms. The second-order valence-electron chi connectivity index (χ2n) is 3.44. The van der Waals surface area contributed by atoms with Gasteiger partial charge >= 0.3 is 0 Å². The third-order valence-corrected chi connectivity index (χ3v) is 3.94. The number of rotatable bonds is 3. The first-order valence-electron chi connectivity index (χ1n) is 4.90. The van der Waals surface area contributed by atoms with E-state index in [1.807, 2.05) is 19.1 Å². The molecular weight excluding hydrogens is 302 g/mol. The van der Waals surface area contributed by atoms with Gasteiger partial charge in [0, 0.05) is 11.0 Å². The second kappa shape index (κ2) is 5.42. The molecule has 0 radical (unpaired) electrons. The fraction of sp³-hybridized carbons (Fsp3) is 0.0833. The van der Waals surface area contributed by atoms with Gasteiger partial charge in [-0.05, 0) is 35.0 Å². The molecule has 1 aromatic heterocycles. The van der Waals surface area contributed by atoms with Crippen molar-refractivity contribution in [3.63, 3.8) is 0 Å². The van der Waals surface area contributed by atoms with E-state index in [1.54, 1.807) is 6.07 Å². The summed E-state index contributed by atoms with van der Waals surface area (Å²) in [6.07, 6.45) is 1.25. The maximum Gasteiger partial charge on any atom is 0.180 e. The molecule has 3 nitrogen and oxygen atoms in total. The zero-order valence-corrected chi connectivity index (χ0v) is 11.5. The normalized spacial score (nSPS) is 11.2. The van der Waals surface area contributed by atoms with Crippen LogP contribution in [0.5, 0.6) is 0 Å². The highest BCUT2D eigenvalue weighted by Gasteiger charge is 2.09. The molecule has 2 rings (SSSR count). The molecule has 1 heterocycles. The molecule has 0 amide bonds. The second-order valence-corrected chi connectivity index (χ2v) is 5.34. The summed E-state index contributed by atoms with van der Waals surface area (Å²) in [4.78, 5) is 1.10. The first-order valence-corrected chi connectivity index (χ1v) is 6.51. The molecule has 0 unspecified atom stereocenters. The maximum atomic E-state index is 8.43. The highest BCUT2D eigenvalue weighted by Crippen LogP contribution is 2.35. The van der Waals surface area contributed by atoms with Crippen molar-refractivity contribution in [2.24, 2.45) is 5.16 Å². The molecule has 5 heteroatoms. The molecule has 1 N–H and O–H groups in total. The van der Waals surface area contributed by atoms with E-state index in [1.165, 1.54) is 23.5 Å². The van der Waals surface area contributed by atoms with Crippen molar-refractivity contribution in [3.8, 4) is 0 Å². The van der Waals surface area contributed by atoms with E-state index in [2.05, 4.69) is 33.2 Å². The Bertz CT molecular complexity index is 534. The molecule has 0 saturated carbocycles. The van der Waals surface area contributed by atoms with E-state index in [0.717, 1.165) is 14.5 Å². The SMILES string of the molecule is Cc1ccc(Sc2oc(/C=N\O)cc2Br)cc1. The Hall–Kier alpha value is -1.20. The fourth-order valence-electron chi connectivity index (χ4n) is 1.27. The largest absolute Gasteiger partial charge is 0.447 e. The molecule has 0 saturated heterocycles. The van der Waals surface area contributed by atoms with E-state index < -0.39 is 0 Å². The summed E-state index contributed by atoms with van der Waals surface area (Å²) in [6.45, 7) is 2.05. The summed E-state index contributed by atoms with van der Waals surface area (Å²) in [5.41, 5.74) is 1.22. The van der Waals surface area contributed by atoms with Crippen LogP contribution in [0.25, 0.3) is 0 Å². The van der Waals surface area contributed by atoms with Crippen LogP contribution in [0.3, 0.4) is 0 Å². The highest BCUT2D eigenvalue weighted by atomic mass is 79.9. The van der Waals surface area contributed by atoms with Crippen molar-refractivity contribution in [3.05, 3.63) is 46.1 Å². The summed E-state index contributed by atoms with van der Waals surface area (Å²) < 4.78 is 6.34. The van der Waals surface area contributed by atoms with Crippen LogP contribution in [-0.2, 0) is 0 Å². The third kappa shape index (κ3) is 3.14. The zero-order chi connectivity index (χ0) is 12.3. The van der Waals surface area contributed by atoms with Crippen molar-refractivity contribution >= 4 is 33.9 Å². The van der Waals surface area contributed by atoms with Crippen molar-refractivity contribution < 1.29 is 9.62 Å². The zero-order valence-electron chi connectivity index (χ0n) is 9.05. The molecule has 0 aliphatic heterocycles. The first kappa shape index (κ1) is 12.3. The Kier molecular flexibility index (Phi) is 3.91. The lowest BCUT2D eigenvalue weighted by Gasteiger charge is -1.99. The number of hydrogen-bond donors (Lipinski definition) is 1. The molecule has 2 aromatic rings. The van der Waals surface area contributed by atoms with E-state index >= 15 is 0 Å². The molecule has 0 atom stereocenters. The Labute approximate surface area is 112 Å². The topological polar surface area (TPSA) is 45.7 Å². The minimum atomic E-state index is 0.508. The Morgan fingerprint density at radius 2 is 2.06 bits per heavy atom. The van der Waals surface area contributed by atoms with Crippen molar-refractivity contribution in [2.45, 2.75) is 16.9 Å². The molecule has 1 aromatic carbocycles. The number of aryl methyl sites for hydroxylation is 1. The van der Waals surface area contributed by atoms with Crippen LogP contribution in [0.4, 0.5) is 0 Å². The maximum absolute atomic E-state index is 8.43. The van der Waals surface area contributed by atoms with Crippen LogP contribution >= 0.6 is 27.7 Å². The number of nitrogens with zero attached hydrogens (tertiary/aromatic N) is 1. The molecular formula is C12H10BrNO2S. The standard InChI is InChI=1S/C12H10BrNO2S/c1-8-2-4-10(5-3-8)17-12-11(13)6-9(16-12)7-14-15/h2-7,15H,1H3/b14-7-. The monoisotopic (exact) mass is 311 g/mol. The van der Waals surface area contributed by atoms with E-state index in [4.69, 9.17) is 9.62 Å². The third-order valence-electron chi connectivity index (χ3n) is 2.09. The van der Waals surface area contributed by atoms with E-state index in [0.29, 0.717) is 5.76 Å². The van der Waals surface area contributed by atoms with Crippen LogP contribution in [-0.4, -0.2) is 11.4 Å². The van der Waals surface area contributed by atoms with Gasteiger partial charge in [0.1, 0.15) is 6.21 Å². The Balaban J connectivity index is 2.20. The van der Waals surface area contributed by atoms with Gasteiger partial charge in [-0.1, -0.05) is 34.6 Å². The van der Waals surface area contributed by atoms with Gasteiger partial charge in [0.15, 0.2) is 10.9 Å². The van der Waals surface area contributed by atoms with Gasteiger partial charge in [-0.25, -0.2) is 0 Å². The van der Waals surface area contributed by atoms with Crippen LogP contribution < -0.4 is 0 Å². The summed E-state index contributed by atoms with van der Waals surface area (Å²) >= 11 is 4.91. The van der Waals surface area contributed by atoms with Crippen LogP contribution in [0.15, 0.2) is 54.4 Å².